The van der Waals surface area contributed by atoms with Gasteiger partial charge in [0.05, 0.1) is 16.4 Å². The van der Waals surface area contributed by atoms with Gasteiger partial charge in [-0.25, -0.2) is 4.98 Å². The maximum absolute atomic E-state index is 11.9. The first-order chi connectivity index (χ1) is 8.58. The first kappa shape index (κ1) is 12.9. The number of nitrogens with one attached hydrogen (secondary N) is 1. The highest BCUT2D eigenvalue weighted by Gasteiger charge is 2.11. The SMILES string of the molecule is Nc1cccc(Cl)c1NC(=O)c1ccc(Br)cn1. The number of nitrogens with zero attached hydrogens (tertiary/aromatic N) is 1. The number of rotatable bonds is 2. The minimum atomic E-state index is -0.359. The van der Waals surface area contributed by atoms with Crippen molar-refractivity contribution in [2.24, 2.45) is 0 Å². The van der Waals surface area contributed by atoms with Gasteiger partial charge in [-0.2, -0.15) is 0 Å². The maximum Gasteiger partial charge on any atom is 0.274 e. The van der Waals surface area contributed by atoms with Crippen LogP contribution in [-0.4, -0.2) is 10.9 Å². The summed E-state index contributed by atoms with van der Waals surface area (Å²) in [5, 5.41) is 3.03. The van der Waals surface area contributed by atoms with Crippen molar-refractivity contribution in [3.8, 4) is 0 Å². The largest absolute Gasteiger partial charge is 0.397 e. The summed E-state index contributed by atoms with van der Waals surface area (Å²) in [6.07, 6.45) is 1.55. The summed E-state index contributed by atoms with van der Waals surface area (Å²) in [6.45, 7) is 0. The molecule has 0 atom stereocenters. The first-order valence-electron chi connectivity index (χ1n) is 5.05. The number of carbonyl (C=O) groups excluding carboxylic acids is 1. The van der Waals surface area contributed by atoms with Gasteiger partial charge in [0, 0.05) is 10.7 Å². The van der Waals surface area contributed by atoms with E-state index in [0.717, 1.165) is 4.47 Å². The van der Waals surface area contributed by atoms with Crippen LogP contribution in [0.15, 0.2) is 41.0 Å². The lowest BCUT2D eigenvalue weighted by Crippen LogP contribution is -2.14. The van der Waals surface area contributed by atoms with Crippen molar-refractivity contribution in [2.75, 3.05) is 11.1 Å². The Morgan fingerprint density at radius 3 is 2.72 bits per heavy atom. The third kappa shape index (κ3) is 2.80. The van der Waals surface area contributed by atoms with Crippen LogP contribution in [0.5, 0.6) is 0 Å². The van der Waals surface area contributed by atoms with Crippen LogP contribution in [0.4, 0.5) is 11.4 Å². The minimum absolute atomic E-state index is 0.289. The van der Waals surface area contributed by atoms with E-state index in [2.05, 4.69) is 26.2 Å². The molecule has 1 aromatic carbocycles. The molecule has 2 rings (SSSR count). The number of para-hydroxylation sites is 1. The van der Waals surface area contributed by atoms with Gasteiger partial charge < -0.3 is 11.1 Å². The lowest BCUT2D eigenvalue weighted by Gasteiger charge is -2.09. The van der Waals surface area contributed by atoms with E-state index in [1.807, 2.05) is 0 Å². The fourth-order valence-corrected chi connectivity index (χ4v) is 1.82. The lowest BCUT2D eigenvalue weighted by atomic mass is 10.2. The zero-order valence-corrected chi connectivity index (χ0v) is 11.5. The Kier molecular flexibility index (Phi) is 3.84. The van der Waals surface area contributed by atoms with Gasteiger partial charge >= 0.3 is 0 Å². The molecular weight excluding hydrogens is 318 g/mol. The van der Waals surface area contributed by atoms with Crippen LogP contribution in [0.2, 0.25) is 5.02 Å². The van der Waals surface area contributed by atoms with Crippen molar-refractivity contribution >= 4 is 44.8 Å². The Balaban J connectivity index is 2.24. The third-order valence-electron chi connectivity index (χ3n) is 2.24. The predicted molar refractivity (Wildman–Crippen MR) is 75.8 cm³/mol. The number of nitrogens with two attached hydrogens (primary N) is 1. The first-order valence-corrected chi connectivity index (χ1v) is 6.22. The molecule has 0 radical (unpaired) electrons. The Morgan fingerprint density at radius 1 is 1.33 bits per heavy atom. The predicted octanol–water partition coefficient (Wildman–Crippen LogP) is 3.33. The number of hydrogen-bond acceptors (Lipinski definition) is 3. The molecule has 0 aliphatic rings. The standard InChI is InChI=1S/C12H9BrClN3O/c13-7-4-5-10(16-6-7)12(18)17-11-8(14)2-1-3-9(11)15/h1-6H,15H2,(H,17,18). The molecule has 0 saturated heterocycles. The molecule has 0 unspecified atom stereocenters. The topological polar surface area (TPSA) is 68.0 Å². The Morgan fingerprint density at radius 2 is 2.11 bits per heavy atom. The van der Waals surface area contributed by atoms with E-state index in [-0.39, 0.29) is 11.6 Å². The van der Waals surface area contributed by atoms with Crippen LogP contribution in [0.25, 0.3) is 0 Å². The normalized spacial score (nSPS) is 10.1. The molecule has 2 aromatic rings. The molecule has 0 fully saturated rings. The van der Waals surface area contributed by atoms with Crippen molar-refractivity contribution in [3.63, 3.8) is 0 Å². The van der Waals surface area contributed by atoms with E-state index in [4.69, 9.17) is 17.3 Å². The highest BCUT2D eigenvalue weighted by atomic mass is 79.9. The molecule has 0 saturated carbocycles. The van der Waals surface area contributed by atoms with Gasteiger partial charge in [0.2, 0.25) is 0 Å². The van der Waals surface area contributed by atoms with Gasteiger partial charge in [-0.3, -0.25) is 4.79 Å². The van der Waals surface area contributed by atoms with Crippen LogP contribution in [0, 0.1) is 0 Å². The summed E-state index contributed by atoms with van der Waals surface area (Å²) in [7, 11) is 0. The van der Waals surface area contributed by atoms with E-state index in [1.165, 1.54) is 0 Å². The zero-order chi connectivity index (χ0) is 13.1. The molecular formula is C12H9BrClN3O. The van der Waals surface area contributed by atoms with Crippen molar-refractivity contribution in [2.45, 2.75) is 0 Å². The van der Waals surface area contributed by atoms with Gasteiger partial charge in [-0.1, -0.05) is 17.7 Å². The Bertz CT molecular complexity index is 566. The summed E-state index contributed by atoms with van der Waals surface area (Å²) in [5.74, 6) is -0.359. The Labute approximate surface area is 117 Å². The quantitative estimate of drug-likeness (QED) is 0.832. The molecule has 0 aliphatic carbocycles. The van der Waals surface area contributed by atoms with Gasteiger partial charge in [0.15, 0.2) is 0 Å². The molecule has 1 aromatic heterocycles. The fourth-order valence-electron chi connectivity index (χ4n) is 1.36. The molecule has 4 nitrogen and oxygen atoms in total. The van der Waals surface area contributed by atoms with Gasteiger partial charge in [-0.15, -0.1) is 0 Å². The average molecular weight is 327 g/mol. The Hall–Kier alpha value is -1.59. The number of pyridine rings is 1. The molecule has 18 heavy (non-hydrogen) atoms. The molecule has 0 aliphatic heterocycles. The average Bonchev–Trinajstić information content (AvgIpc) is 2.34. The van der Waals surface area contributed by atoms with Gasteiger partial charge in [-0.05, 0) is 40.2 Å². The highest BCUT2D eigenvalue weighted by molar-refractivity contribution is 9.10. The molecule has 0 bridgehead atoms. The van der Waals surface area contributed by atoms with Crippen LogP contribution in [0.1, 0.15) is 10.5 Å². The summed E-state index contributed by atoms with van der Waals surface area (Å²) in [6, 6.07) is 8.37. The fraction of sp³-hybridized carbons (Fsp3) is 0. The summed E-state index contributed by atoms with van der Waals surface area (Å²) in [5.41, 5.74) is 6.84. The molecule has 6 heteroatoms. The maximum atomic E-state index is 11.9. The second-order valence-corrected chi connectivity index (χ2v) is 4.84. The molecule has 3 N–H and O–H groups in total. The second-order valence-electron chi connectivity index (χ2n) is 3.52. The number of anilines is 2. The van der Waals surface area contributed by atoms with Crippen molar-refractivity contribution in [1.82, 2.24) is 4.98 Å². The van der Waals surface area contributed by atoms with Crippen molar-refractivity contribution < 1.29 is 4.79 Å². The number of halogens is 2. The highest BCUT2D eigenvalue weighted by Crippen LogP contribution is 2.28. The van der Waals surface area contributed by atoms with E-state index in [0.29, 0.717) is 16.4 Å². The summed E-state index contributed by atoms with van der Waals surface area (Å²) >= 11 is 9.21. The molecule has 92 valence electrons. The second kappa shape index (κ2) is 5.37. The van der Waals surface area contributed by atoms with Gasteiger partial charge in [0.1, 0.15) is 5.69 Å². The van der Waals surface area contributed by atoms with Crippen LogP contribution in [-0.2, 0) is 0 Å². The smallest absolute Gasteiger partial charge is 0.274 e. The van der Waals surface area contributed by atoms with E-state index in [9.17, 15) is 4.79 Å². The number of nitrogen functional groups attached to an aromatic ring is 1. The van der Waals surface area contributed by atoms with E-state index >= 15 is 0 Å². The summed E-state index contributed by atoms with van der Waals surface area (Å²) < 4.78 is 0.802. The number of amides is 1. The van der Waals surface area contributed by atoms with E-state index < -0.39 is 0 Å². The lowest BCUT2D eigenvalue weighted by molar-refractivity contribution is 0.102. The van der Waals surface area contributed by atoms with Crippen LogP contribution in [0.3, 0.4) is 0 Å². The number of hydrogen-bond donors (Lipinski definition) is 2. The van der Waals surface area contributed by atoms with E-state index in [1.54, 1.807) is 36.5 Å². The van der Waals surface area contributed by atoms with Crippen molar-refractivity contribution in [3.05, 3.63) is 51.7 Å². The minimum Gasteiger partial charge on any atom is -0.397 e. The molecule has 0 spiro atoms. The van der Waals surface area contributed by atoms with Crippen LogP contribution >= 0.6 is 27.5 Å². The number of carbonyl (C=O) groups is 1. The number of benzene rings is 1. The third-order valence-corrected chi connectivity index (χ3v) is 3.03. The monoisotopic (exact) mass is 325 g/mol. The summed E-state index contributed by atoms with van der Waals surface area (Å²) in [4.78, 5) is 15.9. The molecule has 1 heterocycles. The molecule has 1 amide bonds. The van der Waals surface area contributed by atoms with Crippen molar-refractivity contribution in [1.29, 1.82) is 0 Å². The van der Waals surface area contributed by atoms with Gasteiger partial charge in [0.25, 0.3) is 5.91 Å². The number of aromatic nitrogens is 1. The van der Waals surface area contributed by atoms with Crippen LogP contribution < -0.4 is 11.1 Å². The zero-order valence-electron chi connectivity index (χ0n) is 9.15.